The summed E-state index contributed by atoms with van der Waals surface area (Å²) >= 11 is 7.43. The maximum atomic E-state index is 12.8. The van der Waals surface area contributed by atoms with Crippen LogP contribution in [0.5, 0.6) is 11.8 Å². The van der Waals surface area contributed by atoms with Crippen molar-refractivity contribution in [2.75, 3.05) is 14.2 Å². The van der Waals surface area contributed by atoms with Crippen LogP contribution >= 0.6 is 23.4 Å². The fraction of sp³-hybridized carbons (Fsp3) is 0.182. The number of carbonyl (C=O) groups is 1. The Morgan fingerprint density at radius 1 is 1.16 bits per heavy atom. The summed E-state index contributed by atoms with van der Waals surface area (Å²) in [5.41, 5.74) is 2.33. The van der Waals surface area contributed by atoms with Crippen molar-refractivity contribution in [1.29, 1.82) is 0 Å². The predicted molar refractivity (Wildman–Crippen MR) is 117 cm³/mol. The molecular weight excluding hydrogens is 438 g/mol. The van der Waals surface area contributed by atoms with Crippen LogP contribution in [0.15, 0.2) is 51.6 Å². The van der Waals surface area contributed by atoms with Gasteiger partial charge in [-0.2, -0.15) is 9.97 Å². The number of aromatic nitrogens is 2. The summed E-state index contributed by atoms with van der Waals surface area (Å²) in [5, 5.41) is 4.51. The minimum atomic E-state index is -0.702. The molecule has 0 unspecified atom stereocenters. The van der Waals surface area contributed by atoms with E-state index < -0.39 is 5.97 Å². The molecule has 0 N–H and O–H groups in total. The lowest BCUT2D eigenvalue weighted by atomic mass is 10.1. The van der Waals surface area contributed by atoms with Gasteiger partial charge < -0.3 is 14.3 Å². The third-order valence-electron chi connectivity index (χ3n) is 4.11. The van der Waals surface area contributed by atoms with E-state index in [0.29, 0.717) is 27.5 Å². The predicted octanol–water partition coefficient (Wildman–Crippen LogP) is 4.79. The van der Waals surface area contributed by atoms with Gasteiger partial charge in [-0.25, -0.2) is 4.79 Å². The van der Waals surface area contributed by atoms with Gasteiger partial charge in [-0.15, -0.1) is 0 Å². The Labute approximate surface area is 189 Å². The number of ether oxygens (including phenoxy) is 2. The van der Waals surface area contributed by atoms with E-state index >= 15 is 0 Å². The Hall–Kier alpha value is -3.28. The molecule has 0 aliphatic rings. The molecule has 0 spiro atoms. The molecule has 0 atom stereocenters. The summed E-state index contributed by atoms with van der Waals surface area (Å²) in [7, 11) is 2.98. The number of methoxy groups -OCH3 is 2. The van der Waals surface area contributed by atoms with Gasteiger partial charge >= 0.3 is 5.97 Å². The van der Waals surface area contributed by atoms with E-state index in [1.165, 1.54) is 14.2 Å². The Kier molecular flexibility index (Phi) is 7.34. The zero-order valence-electron chi connectivity index (χ0n) is 17.2. The second-order valence-corrected chi connectivity index (χ2v) is 7.56. The SMILES string of the molecule is COc1cc(OC)nc(Sc2cccc(Cl)c2C(=O)O/N=C(\C)c2ccc#cc2C)n1. The van der Waals surface area contributed by atoms with Crippen molar-refractivity contribution in [2.45, 2.75) is 23.9 Å². The standard InChI is InChI=1S/C22H18ClN3O4S/c1-13-8-5-6-9-15(13)14(2)26-30-21(27)20-16(23)10-7-11-17(20)31-22-24-18(28-3)12-19(25-22)29-4/h6-7,9-12H,1-4H3/b26-14+. The lowest BCUT2D eigenvalue weighted by molar-refractivity contribution is 0.0512. The van der Waals surface area contributed by atoms with Crippen molar-refractivity contribution in [1.82, 2.24) is 9.97 Å². The van der Waals surface area contributed by atoms with Crippen LogP contribution in [-0.4, -0.2) is 35.9 Å². The van der Waals surface area contributed by atoms with Gasteiger partial charge in [-0.3, -0.25) is 0 Å². The van der Waals surface area contributed by atoms with Crippen molar-refractivity contribution in [3.05, 3.63) is 70.2 Å². The van der Waals surface area contributed by atoms with Crippen molar-refractivity contribution in [3.63, 3.8) is 0 Å². The van der Waals surface area contributed by atoms with Crippen LogP contribution in [0.4, 0.5) is 0 Å². The number of nitrogens with zero attached hydrogens (tertiary/aromatic N) is 3. The molecule has 1 aromatic heterocycles. The Morgan fingerprint density at radius 2 is 1.87 bits per heavy atom. The van der Waals surface area contributed by atoms with Crippen LogP contribution in [0.3, 0.4) is 0 Å². The molecule has 0 fully saturated rings. The molecule has 158 valence electrons. The summed E-state index contributed by atoms with van der Waals surface area (Å²) in [4.78, 5) is 27.0. The highest BCUT2D eigenvalue weighted by Crippen LogP contribution is 2.34. The highest BCUT2D eigenvalue weighted by atomic mass is 35.5. The highest BCUT2D eigenvalue weighted by molar-refractivity contribution is 7.99. The molecule has 7 nitrogen and oxygen atoms in total. The van der Waals surface area contributed by atoms with Gasteiger partial charge in [0.05, 0.1) is 36.6 Å². The number of benzene rings is 1. The van der Waals surface area contributed by atoms with Crippen molar-refractivity contribution >= 4 is 35.0 Å². The van der Waals surface area contributed by atoms with Crippen LogP contribution in [0.1, 0.15) is 28.4 Å². The number of hydrogen-bond donors (Lipinski definition) is 0. The summed E-state index contributed by atoms with van der Waals surface area (Å²) < 4.78 is 10.3. The lowest BCUT2D eigenvalue weighted by Gasteiger charge is -2.10. The zero-order chi connectivity index (χ0) is 22.4. The monoisotopic (exact) mass is 455 g/mol. The minimum absolute atomic E-state index is 0.154. The van der Waals surface area contributed by atoms with Crippen LogP contribution in [0.25, 0.3) is 0 Å². The fourth-order valence-corrected chi connectivity index (χ4v) is 3.81. The molecule has 0 bridgehead atoms. The second kappa shape index (κ2) is 10.2. The highest BCUT2D eigenvalue weighted by Gasteiger charge is 2.20. The molecule has 31 heavy (non-hydrogen) atoms. The average molecular weight is 456 g/mol. The van der Waals surface area contributed by atoms with Crippen molar-refractivity contribution in [2.24, 2.45) is 5.16 Å². The molecule has 0 aliphatic heterocycles. The Bertz CT molecular complexity index is 1120. The van der Waals surface area contributed by atoms with E-state index in [4.69, 9.17) is 25.9 Å². The number of hydrogen-bond acceptors (Lipinski definition) is 8. The summed E-state index contributed by atoms with van der Waals surface area (Å²) in [5.74, 6) is -0.0487. The topological polar surface area (TPSA) is 82.9 Å². The first-order chi connectivity index (χ1) is 14.9. The van der Waals surface area contributed by atoms with E-state index in [9.17, 15) is 4.79 Å². The summed E-state index contributed by atoms with van der Waals surface area (Å²) in [6, 6.07) is 15.9. The summed E-state index contributed by atoms with van der Waals surface area (Å²) in [6.45, 7) is 3.61. The van der Waals surface area contributed by atoms with Gasteiger partial charge in [-0.05, 0) is 49.9 Å². The smallest absolute Gasteiger partial charge is 0.368 e. The molecule has 0 saturated heterocycles. The maximum Gasteiger partial charge on any atom is 0.368 e. The van der Waals surface area contributed by atoms with Gasteiger partial charge in [0, 0.05) is 16.0 Å². The van der Waals surface area contributed by atoms with Crippen molar-refractivity contribution < 1.29 is 19.1 Å². The average Bonchev–Trinajstić information content (AvgIpc) is 2.77. The molecule has 0 amide bonds. The van der Waals surface area contributed by atoms with Gasteiger partial charge in [0.1, 0.15) is 0 Å². The normalized spacial score (nSPS) is 10.9. The molecule has 0 radical (unpaired) electrons. The van der Waals surface area contributed by atoms with Gasteiger partial charge in [0.25, 0.3) is 0 Å². The van der Waals surface area contributed by atoms with Crippen molar-refractivity contribution in [3.8, 4) is 11.8 Å². The first-order valence-electron chi connectivity index (χ1n) is 9.01. The molecular formula is C22H18ClN3O4S. The van der Waals surface area contributed by atoms with Crippen LogP contribution in [-0.2, 0) is 4.84 Å². The van der Waals surface area contributed by atoms with Crippen LogP contribution in [0.2, 0.25) is 5.02 Å². The number of carbonyl (C=O) groups excluding carboxylic acids is 1. The van der Waals surface area contributed by atoms with E-state index in [1.807, 2.05) is 13.0 Å². The number of rotatable bonds is 7. The maximum absolute atomic E-state index is 12.8. The molecule has 2 aromatic carbocycles. The fourth-order valence-electron chi connectivity index (χ4n) is 2.59. The largest absolute Gasteiger partial charge is 0.481 e. The first-order valence-corrected chi connectivity index (χ1v) is 10.2. The first kappa shape index (κ1) is 22.4. The third-order valence-corrected chi connectivity index (χ3v) is 5.35. The van der Waals surface area contributed by atoms with Gasteiger partial charge in [0.2, 0.25) is 11.8 Å². The minimum Gasteiger partial charge on any atom is -0.481 e. The molecule has 0 aliphatic carbocycles. The summed E-state index contributed by atoms with van der Waals surface area (Å²) in [6.07, 6.45) is 0. The quantitative estimate of drug-likeness (QED) is 0.219. The Morgan fingerprint density at radius 3 is 2.52 bits per heavy atom. The zero-order valence-corrected chi connectivity index (χ0v) is 18.8. The van der Waals surface area contributed by atoms with Gasteiger partial charge in [-0.1, -0.05) is 35.0 Å². The van der Waals surface area contributed by atoms with E-state index in [2.05, 4.69) is 27.3 Å². The Balaban J connectivity index is 1.88. The van der Waals surface area contributed by atoms with E-state index in [0.717, 1.165) is 22.9 Å². The molecule has 9 heteroatoms. The number of oxime groups is 1. The third kappa shape index (κ3) is 5.45. The lowest BCUT2D eigenvalue weighted by Crippen LogP contribution is -2.07. The molecule has 1 heterocycles. The van der Waals surface area contributed by atoms with Crippen LogP contribution < -0.4 is 9.47 Å². The molecule has 0 saturated carbocycles. The number of halogens is 1. The van der Waals surface area contributed by atoms with E-state index in [-0.39, 0.29) is 10.6 Å². The van der Waals surface area contributed by atoms with E-state index in [1.54, 1.807) is 37.3 Å². The van der Waals surface area contributed by atoms with Gasteiger partial charge in [0.15, 0.2) is 5.16 Å². The van der Waals surface area contributed by atoms with Crippen LogP contribution in [0, 0.1) is 19.1 Å². The molecule has 3 rings (SSSR count). The second-order valence-electron chi connectivity index (χ2n) is 6.15. The molecule has 3 aromatic rings.